The van der Waals surface area contributed by atoms with E-state index in [1.807, 2.05) is 6.07 Å². The normalized spacial score (nSPS) is 11.1. The molecule has 2 N–H and O–H groups in total. The fourth-order valence-electron chi connectivity index (χ4n) is 1.99. The summed E-state index contributed by atoms with van der Waals surface area (Å²) in [6, 6.07) is 7.98. The van der Waals surface area contributed by atoms with Crippen LogP contribution in [0.4, 0.5) is 8.78 Å². The lowest BCUT2D eigenvalue weighted by molar-refractivity contribution is -0.0504. The Balaban J connectivity index is 0.00000338. The van der Waals surface area contributed by atoms with Crippen molar-refractivity contribution in [1.82, 2.24) is 15.6 Å². The maximum atomic E-state index is 12.5. The third kappa shape index (κ3) is 7.46. The number of pyridine rings is 1. The Kier molecular flexibility index (Phi) is 9.89. The maximum Gasteiger partial charge on any atom is 0.387 e. The molecule has 0 spiro atoms. The van der Waals surface area contributed by atoms with E-state index in [1.54, 1.807) is 25.4 Å². The Hall–Kier alpha value is -1.39. The van der Waals surface area contributed by atoms with Crippen molar-refractivity contribution in [3.8, 4) is 5.75 Å². The minimum absolute atomic E-state index is 0. The van der Waals surface area contributed by atoms with Gasteiger partial charge in [-0.2, -0.15) is 8.78 Å². The average molecular weight is 517 g/mol. The van der Waals surface area contributed by atoms with Crippen LogP contribution in [0, 0.1) is 0 Å². The van der Waals surface area contributed by atoms with Crippen molar-refractivity contribution in [2.45, 2.75) is 19.7 Å². The van der Waals surface area contributed by atoms with Gasteiger partial charge in [-0.3, -0.25) is 4.99 Å². The van der Waals surface area contributed by atoms with Crippen molar-refractivity contribution in [1.29, 1.82) is 0 Å². The molecule has 0 aliphatic heterocycles. The number of benzene rings is 1. The first-order valence-electron chi connectivity index (χ1n) is 7.26. The number of aromatic nitrogens is 1. The second-order valence-corrected chi connectivity index (χ2v) is 5.72. The van der Waals surface area contributed by atoms with E-state index in [2.05, 4.69) is 25.3 Å². The zero-order valence-corrected chi connectivity index (χ0v) is 17.5. The van der Waals surface area contributed by atoms with Gasteiger partial charge in [0.05, 0.1) is 0 Å². The molecule has 0 radical (unpaired) electrons. The number of nitrogens with zero attached hydrogens (tertiary/aromatic N) is 2. The average Bonchev–Trinajstić information content (AvgIpc) is 2.58. The van der Waals surface area contributed by atoms with E-state index < -0.39 is 6.61 Å². The predicted molar refractivity (Wildman–Crippen MR) is 110 cm³/mol. The highest BCUT2D eigenvalue weighted by molar-refractivity contribution is 14.0. The van der Waals surface area contributed by atoms with Crippen molar-refractivity contribution in [3.63, 3.8) is 0 Å². The van der Waals surface area contributed by atoms with Crippen LogP contribution in [0.3, 0.4) is 0 Å². The van der Waals surface area contributed by atoms with Crippen LogP contribution in [0.2, 0.25) is 10.2 Å². The molecule has 0 saturated carbocycles. The number of hydrogen-bond acceptors (Lipinski definition) is 3. The molecule has 0 unspecified atom stereocenters. The van der Waals surface area contributed by atoms with Crippen LogP contribution >= 0.6 is 47.2 Å². The SMILES string of the molecule is CN=C(NCc1ccc(Cl)nc1)NCc1cc(Cl)ccc1OC(F)F.I. The summed E-state index contributed by atoms with van der Waals surface area (Å²) in [6.07, 6.45) is 1.65. The van der Waals surface area contributed by atoms with Gasteiger partial charge in [0.15, 0.2) is 5.96 Å². The molecule has 26 heavy (non-hydrogen) atoms. The van der Waals surface area contributed by atoms with Gasteiger partial charge in [0.2, 0.25) is 0 Å². The van der Waals surface area contributed by atoms with Gasteiger partial charge < -0.3 is 15.4 Å². The van der Waals surface area contributed by atoms with E-state index in [-0.39, 0.29) is 36.3 Å². The highest BCUT2D eigenvalue weighted by atomic mass is 127. The van der Waals surface area contributed by atoms with E-state index >= 15 is 0 Å². The minimum atomic E-state index is -2.91. The van der Waals surface area contributed by atoms with Crippen LogP contribution in [-0.4, -0.2) is 24.6 Å². The molecule has 1 aromatic heterocycles. The summed E-state index contributed by atoms with van der Waals surface area (Å²) in [4.78, 5) is 8.06. The summed E-state index contributed by atoms with van der Waals surface area (Å²) in [5.41, 5.74) is 1.40. The maximum absolute atomic E-state index is 12.5. The molecule has 2 rings (SSSR count). The molecule has 0 aliphatic rings. The summed E-state index contributed by atoms with van der Waals surface area (Å²) in [5, 5.41) is 6.94. The molecule has 2 aromatic rings. The van der Waals surface area contributed by atoms with E-state index in [9.17, 15) is 8.78 Å². The fourth-order valence-corrected chi connectivity index (χ4v) is 2.30. The van der Waals surface area contributed by atoms with Gasteiger partial charge in [0.1, 0.15) is 10.9 Å². The monoisotopic (exact) mass is 516 g/mol. The Labute approximate surface area is 177 Å². The Morgan fingerprint density at radius 3 is 2.54 bits per heavy atom. The molecular weight excluding hydrogens is 500 g/mol. The number of halogens is 5. The van der Waals surface area contributed by atoms with Crippen LogP contribution < -0.4 is 15.4 Å². The molecule has 0 bridgehead atoms. The first-order valence-corrected chi connectivity index (χ1v) is 8.01. The number of hydrogen-bond donors (Lipinski definition) is 2. The van der Waals surface area contributed by atoms with Crippen LogP contribution in [0.5, 0.6) is 5.75 Å². The first-order chi connectivity index (χ1) is 12.0. The molecule has 5 nitrogen and oxygen atoms in total. The summed E-state index contributed by atoms with van der Waals surface area (Å²) in [7, 11) is 1.60. The van der Waals surface area contributed by atoms with Gasteiger partial charge in [-0.1, -0.05) is 29.3 Å². The third-order valence-corrected chi connectivity index (χ3v) is 3.62. The van der Waals surface area contributed by atoms with E-state index in [0.717, 1.165) is 5.56 Å². The van der Waals surface area contributed by atoms with E-state index in [0.29, 0.717) is 28.2 Å². The van der Waals surface area contributed by atoms with Crippen LogP contribution in [0.15, 0.2) is 41.5 Å². The molecule has 0 aliphatic carbocycles. The zero-order valence-electron chi connectivity index (χ0n) is 13.7. The molecule has 0 saturated heterocycles. The molecule has 1 heterocycles. The standard InChI is InChI=1S/C16H16Cl2F2N4O.HI/c1-21-16(23-8-10-2-5-14(18)22-7-10)24-9-11-6-12(17)3-4-13(11)25-15(19)20;/h2-7,15H,8-9H2,1H3,(H2,21,23,24);1H. The number of rotatable bonds is 6. The van der Waals surface area contributed by atoms with Gasteiger partial charge in [-0.05, 0) is 29.8 Å². The Morgan fingerprint density at radius 2 is 1.92 bits per heavy atom. The molecule has 0 atom stereocenters. The lowest BCUT2D eigenvalue weighted by Crippen LogP contribution is -2.36. The van der Waals surface area contributed by atoms with Crippen molar-refractivity contribution in [2.75, 3.05) is 7.05 Å². The lowest BCUT2D eigenvalue weighted by Gasteiger charge is -2.15. The Bertz CT molecular complexity index is 733. The minimum Gasteiger partial charge on any atom is -0.434 e. The number of ether oxygens (including phenoxy) is 1. The largest absolute Gasteiger partial charge is 0.434 e. The molecule has 0 fully saturated rings. The summed E-state index contributed by atoms with van der Waals surface area (Å²) in [6.45, 7) is -2.23. The molecular formula is C16H17Cl2F2IN4O. The van der Waals surface area contributed by atoms with Gasteiger partial charge in [0.25, 0.3) is 0 Å². The summed E-state index contributed by atoms with van der Waals surface area (Å²) in [5.74, 6) is 0.544. The highest BCUT2D eigenvalue weighted by Crippen LogP contribution is 2.24. The molecule has 142 valence electrons. The van der Waals surface area contributed by atoms with Gasteiger partial charge in [-0.15, -0.1) is 24.0 Å². The molecule has 0 amide bonds. The third-order valence-electron chi connectivity index (χ3n) is 3.16. The number of aliphatic imine (C=N–C) groups is 1. The Morgan fingerprint density at radius 1 is 1.19 bits per heavy atom. The quantitative estimate of drug-likeness (QED) is 0.257. The number of nitrogens with one attached hydrogen (secondary N) is 2. The van der Waals surface area contributed by atoms with E-state index in [4.69, 9.17) is 23.2 Å². The number of guanidine groups is 1. The first kappa shape index (κ1) is 22.7. The fraction of sp³-hybridized carbons (Fsp3) is 0.250. The second kappa shape index (κ2) is 11.3. The summed E-state index contributed by atoms with van der Waals surface area (Å²) >= 11 is 11.7. The predicted octanol–water partition coefficient (Wildman–Crippen LogP) is 4.47. The van der Waals surface area contributed by atoms with Crippen molar-refractivity contribution in [3.05, 3.63) is 57.8 Å². The smallest absolute Gasteiger partial charge is 0.387 e. The van der Waals surface area contributed by atoms with Crippen LogP contribution in [0.25, 0.3) is 0 Å². The molecule has 10 heteroatoms. The highest BCUT2D eigenvalue weighted by Gasteiger charge is 2.11. The zero-order chi connectivity index (χ0) is 18.2. The van der Waals surface area contributed by atoms with E-state index in [1.165, 1.54) is 12.1 Å². The topological polar surface area (TPSA) is 58.5 Å². The number of alkyl halides is 2. The van der Waals surface area contributed by atoms with Crippen molar-refractivity contribution >= 4 is 53.1 Å². The van der Waals surface area contributed by atoms with Crippen LogP contribution in [0.1, 0.15) is 11.1 Å². The van der Waals surface area contributed by atoms with Gasteiger partial charge in [0, 0.05) is 36.9 Å². The lowest BCUT2D eigenvalue weighted by atomic mass is 10.2. The second-order valence-electron chi connectivity index (χ2n) is 4.90. The van der Waals surface area contributed by atoms with Gasteiger partial charge >= 0.3 is 6.61 Å². The summed E-state index contributed by atoms with van der Waals surface area (Å²) < 4.78 is 29.4. The van der Waals surface area contributed by atoms with Crippen LogP contribution in [-0.2, 0) is 13.1 Å². The van der Waals surface area contributed by atoms with Gasteiger partial charge in [-0.25, -0.2) is 4.98 Å². The van der Waals surface area contributed by atoms with Crippen molar-refractivity contribution < 1.29 is 13.5 Å². The van der Waals surface area contributed by atoms with Crippen molar-refractivity contribution in [2.24, 2.45) is 4.99 Å². The molecule has 1 aromatic carbocycles.